The van der Waals surface area contributed by atoms with Gasteiger partial charge in [-0.1, -0.05) is 11.6 Å². The molecule has 2 aromatic carbocycles. The van der Waals surface area contributed by atoms with Gasteiger partial charge in [0.15, 0.2) is 5.69 Å². The minimum atomic E-state index is -4.24. The Labute approximate surface area is 217 Å². The molecule has 1 aliphatic rings. The summed E-state index contributed by atoms with van der Waals surface area (Å²) in [5.74, 6) is -0.524. The van der Waals surface area contributed by atoms with Crippen LogP contribution in [0.1, 0.15) is 28.9 Å². The standard InChI is InChI=1S/C23H24ClN5O7S/c1-14-21(22(30)26-16-5-6-16)27-28(17-7-3-15(24)4-8-17)23(14)36-19-10-9-18(29(31)32)13-20(19)37(33,34)25-11-12-35-2/h3-4,7-10,13,16,25H,5-6,11-12H2,1-2H3,(H,26,30). The molecule has 0 spiro atoms. The summed E-state index contributed by atoms with van der Waals surface area (Å²) in [7, 11) is -2.83. The first-order valence-corrected chi connectivity index (χ1v) is 13.1. The fourth-order valence-corrected chi connectivity index (χ4v) is 4.70. The molecule has 1 saturated carbocycles. The minimum Gasteiger partial charge on any atom is -0.437 e. The van der Waals surface area contributed by atoms with Crippen LogP contribution in [0, 0.1) is 17.0 Å². The molecule has 12 nitrogen and oxygen atoms in total. The van der Waals surface area contributed by atoms with Crippen molar-refractivity contribution in [2.75, 3.05) is 20.3 Å². The lowest BCUT2D eigenvalue weighted by Crippen LogP contribution is -2.27. The molecule has 0 bridgehead atoms. The SMILES string of the molecule is COCCNS(=O)(=O)c1cc([N+](=O)[O-])ccc1Oc1c(C)c(C(=O)NC2CC2)nn1-c1ccc(Cl)cc1. The zero-order chi connectivity index (χ0) is 26.7. The van der Waals surface area contributed by atoms with E-state index in [-0.39, 0.29) is 36.5 Å². The van der Waals surface area contributed by atoms with Gasteiger partial charge in [-0.25, -0.2) is 13.1 Å². The summed E-state index contributed by atoms with van der Waals surface area (Å²) in [6.07, 6.45) is 1.76. The third-order valence-electron chi connectivity index (χ3n) is 5.50. The van der Waals surface area contributed by atoms with E-state index >= 15 is 0 Å². The van der Waals surface area contributed by atoms with Crippen LogP contribution in [0.15, 0.2) is 47.4 Å². The lowest BCUT2D eigenvalue weighted by Gasteiger charge is -2.14. The van der Waals surface area contributed by atoms with E-state index in [1.165, 1.54) is 17.9 Å². The first-order valence-electron chi connectivity index (χ1n) is 11.2. The van der Waals surface area contributed by atoms with Gasteiger partial charge in [0.25, 0.3) is 11.6 Å². The summed E-state index contributed by atoms with van der Waals surface area (Å²) >= 11 is 6.02. The maximum Gasteiger partial charge on any atom is 0.272 e. The molecule has 1 heterocycles. The van der Waals surface area contributed by atoms with Gasteiger partial charge in [0.1, 0.15) is 10.6 Å². The van der Waals surface area contributed by atoms with E-state index in [1.807, 2.05) is 0 Å². The quantitative estimate of drug-likeness (QED) is 0.209. The van der Waals surface area contributed by atoms with E-state index < -0.39 is 31.4 Å². The van der Waals surface area contributed by atoms with Crippen molar-refractivity contribution >= 4 is 33.2 Å². The summed E-state index contributed by atoms with van der Waals surface area (Å²) in [4.78, 5) is 23.1. The number of methoxy groups -OCH3 is 1. The van der Waals surface area contributed by atoms with E-state index in [2.05, 4.69) is 15.1 Å². The number of nitro groups is 1. The van der Waals surface area contributed by atoms with Crippen LogP contribution >= 0.6 is 11.6 Å². The Morgan fingerprint density at radius 1 is 1.24 bits per heavy atom. The van der Waals surface area contributed by atoms with Crippen molar-refractivity contribution < 1.29 is 27.6 Å². The summed E-state index contributed by atoms with van der Waals surface area (Å²) in [5, 5.41) is 19.1. The van der Waals surface area contributed by atoms with Gasteiger partial charge in [0.05, 0.1) is 17.2 Å². The van der Waals surface area contributed by atoms with Gasteiger partial charge in [-0.3, -0.25) is 14.9 Å². The van der Waals surface area contributed by atoms with Crippen molar-refractivity contribution in [3.63, 3.8) is 0 Å². The van der Waals surface area contributed by atoms with Crippen LogP contribution < -0.4 is 14.8 Å². The Kier molecular flexibility index (Phi) is 7.78. The van der Waals surface area contributed by atoms with E-state index in [1.54, 1.807) is 31.2 Å². The summed E-state index contributed by atoms with van der Waals surface area (Å²) in [6, 6.07) is 9.87. The molecule has 0 saturated heterocycles. The third-order valence-corrected chi connectivity index (χ3v) is 7.23. The van der Waals surface area contributed by atoms with Gasteiger partial charge in [-0.2, -0.15) is 9.78 Å². The number of nitro benzene ring substituents is 1. The van der Waals surface area contributed by atoms with Crippen LogP contribution in [0.25, 0.3) is 5.69 Å². The number of ether oxygens (including phenoxy) is 2. The molecule has 0 aliphatic heterocycles. The number of aromatic nitrogens is 2. The largest absolute Gasteiger partial charge is 0.437 e. The molecule has 14 heteroatoms. The molecule has 4 rings (SSSR count). The second-order valence-corrected chi connectivity index (χ2v) is 10.5. The predicted octanol–water partition coefficient (Wildman–Crippen LogP) is 3.35. The summed E-state index contributed by atoms with van der Waals surface area (Å²) in [5.41, 5.74) is 0.507. The number of amides is 1. The molecule has 1 amide bonds. The Bertz CT molecular complexity index is 1440. The third kappa shape index (κ3) is 6.07. The minimum absolute atomic E-state index is 0.0606. The second-order valence-electron chi connectivity index (χ2n) is 8.30. The number of benzene rings is 2. The maximum atomic E-state index is 13.0. The highest BCUT2D eigenvalue weighted by Gasteiger charge is 2.30. The van der Waals surface area contributed by atoms with Crippen LogP contribution in [-0.2, 0) is 14.8 Å². The zero-order valence-corrected chi connectivity index (χ0v) is 21.5. The highest BCUT2D eigenvalue weighted by Crippen LogP contribution is 2.36. The van der Waals surface area contributed by atoms with Crippen molar-refractivity contribution in [3.05, 3.63) is 68.9 Å². The van der Waals surface area contributed by atoms with Crippen molar-refractivity contribution in [2.24, 2.45) is 0 Å². The van der Waals surface area contributed by atoms with E-state index in [4.69, 9.17) is 21.1 Å². The van der Waals surface area contributed by atoms with E-state index in [9.17, 15) is 23.3 Å². The molecule has 3 aromatic rings. The summed E-state index contributed by atoms with van der Waals surface area (Å²) in [6.45, 7) is 1.65. The van der Waals surface area contributed by atoms with Gasteiger partial charge in [0, 0.05) is 42.4 Å². The monoisotopic (exact) mass is 549 g/mol. The number of halogens is 1. The van der Waals surface area contributed by atoms with Crippen molar-refractivity contribution in [2.45, 2.75) is 30.7 Å². The second kappa shape index (κ2) is 10.8. The van der Waals surface area contributed by atoms with Gasteiger partial charge in [-0.15, -0.1) is 0 Å². The fourth-order valence-electron chi connectivity index (χ4n) is 3.42. The average molecular weight is 550 g/mol. The molecular formula is C23H24ClN5O7S. The maximum absolute atomic E-state index is 13.0. The van der Waals surface area contributed by atoms with Gasteiger partial charge in [-0.05, 0) is 50.1 Å². The van der Waals surface area contributed by atoms with Crippen molar-refractivity contribution in [1.29, 1.82) is 0 Å². The van der Waals surface area contributed by atoms with Crippen LogP contribution in [-0.4, -0.2) is 55.3 Å². The normalized spacial score (nSPS) is 13.4. The number of rotatable bonds is 11. The molecule has 0 radical (unpaired) electrons. The predicted molar refractivity (Wildman–Crippen MR) is 134 cm³/mol. The number of hydrogen-bond acceptors (Lipinski definition) is 8. The first-order chi connectivity index (χ1) is 17.6. The molecule has 37 heavy (non-hydrogen) atoms. The first kappa shape index (κ1) is 26.5. The van der Waals surface area contributed by atoms with Crippen LogP contribution in [0.3, 0.4) is 0 Å². The Morgan fingerprint density at radius 3 is 2.57 bits per heavy atom. The smallest absolute Gasteiger partial charge is 0.272 e. The Balaban J connectivity index is 1.81. The van der Waals surface area contributed by atoms with Crippen LogP contribution in [0.2, 0.25) is 5.02 Å². The highest BCUT2D eigenvalue weighted by atomic mass is 35.5. The lowest BCUT2D eigenvalue weighted by atomic mass is 10.2. The van der Waals surface area contributed by atoms with Gasteiger partial charge < -0.3 is 14.8 Å². The average Bonchev–Trinajstić information content (AvgIpc) is 3.62. The molecule has 0 unspecified atom stereocenters. The van der Waals surface area contributed by atoms with Gasteiger partial charge >= 0.3 is 0 Å². The zero-order valence-electron chi connectivity index (χ0n) is 19.9. The number of nitrogens with one attached hydrogen (secondary N) is 2. The highest BCUT2D eigenvalue weighted by molar-refractivity contribution is 7.89. The molecule has 1 fully saturated rings. The molecule has 0 atom stereocenters. The Morgan fingerprint density at radius 2 is 1.95 bits per heavy atom. The molecule has 1 aliphatic carbocycles. The van der Waals surface area contributed by atoms with Crippen molar-refractivity contribution in [3.8, 4) is 17.3 Å². The molecule has 1 aromatic heterocycles. The number of non-ortho nitro benzene ring substituents is 1. The molecular weight excluding hydrogens is 526 g/mol. The topological polar surface area (TPSA) is 155 Å². The lowest BCUT2D eigenvalue weighted by molar-refractivity contribution is -0.385. The number of carbonyl (C=O) groups excluding carboxylic acids is 1. The molecule has 2 N–H and O–H groups in total. The molecule has 196 valence electrons. The van der Waals surface area contributed by atoms with E-state index in [0.717, 1.165) is 25.0 Å². The van der Waals surface area contributed by atoms with Crippen LogP contribution in [0.4, 0.5) is 5.69 Å². The fraction of sp³-hybridized carbons (Fsp3) is 0.304. The number of carbonyl (C=O) groups is 1. The van der Waals surface area contributed by atoms with Crippen molar-refractivity contribution in [1.82, 2.24) is 19.8 Å². The number of sulfonamides is 1. The number of nitrogens with zero attached hydrogens (tertiary/aromatic N) is 3. The van der Waals surface area contributed by atoms with E-state index in [0.29, 0.717) is 16.3 Å². The Hall–Kier alpha value is -3.52. The number of hydrogen-bond donors (Lipinski definition) is 2. The summed E-state index contributed by atoms with van der Waals surface area (Å²) < 4.78 is 40.7. The van der Waals surface area contributed by atoms with Gasteiger partial charge in [0.2, 0.25) is 15.9 Å². The van der Waals surface area contributed by atoms with Crippen LogP contribution in [0.5, 0.6) is 11.6 Å².